The van der Waals surface area contributed by atoms with Gasteiger partial charge >= 0.3 is 0 Å². The van der Waals surface area contributed by atoms with Gasteiger partial charge in [0.1, 0.15) is 0 Å². The quantitative estimate of drug-likeness (QED) is 0.768. The smallest absolute Gasteiger partial charge is 0.220 e. The molecule has 0 aliphatic rings. The van der Waals surface area contributed by atoms with Crippen LogP contribution in [0.3, 0.4) is 0 Å². The number of aromatic nitrogens is 1. The van der Waals surface area contributed by atoms with Crippen LogP contribution in [-0.2, 0) is 11.2 Å². The van der Waals surface area contributed by atoms with Gasteiger partial charge < -0.3 is 14.8 Å². The van der Waals surface area contributed by atoms with Crippen LogP contribution in [0.2, 0.25) is 0 Å². The summed E-state index contributed by atoms with van der Waals surface area (Å²) in [5, 5.41) is 12.4. The minimum atomic E-state index is -0.376. The number of aliphatic hydroxyl groups is 1. The average molecular weight is 344 g/mol. The largest absolute Gasteiger partial charge is 0.440 e. The second-order valence-electron chi connectivity index (χ2n) is 7.38. The zero-order valence-corrected chi connectivity index (χ0v) is 15.5. The van der Waals surface area contributed by atoms with Crippen LogP contribution in [-0.4, -0.2) is 28.6 Å². The number of nitrogens with one attached hydrogen (secondary N) is 1. The van der Waals surface area contributed by atoms with E-state index in [1.807, 2.05) is 51.1 Å². The molecule has 0 radical (unpaired) electrons. The summed E-state index contributed by atoms with van der Waals surface area (Å²) in [5.41, 5.74) is 1.69. The van der Waals surface area contributed by atoms with E-state index in [0.717, 1.165) is 17.0 Å². The number of hydrogen-bond donors (Lipinski definition) is 2. The first-order valence-corrected chi connectivity index (χ1v) is 8.73. The van der Waals surface area contributed by atoms with Gasteiger partial charge in [0.25, 0.3) is 0 Å². The summed E-state index contributed by atoms with van der Waals surface area (Å²) in [4.78, 5) is 16.5. The molecule has 2 aromatic rings. The number of benzene rings is 1. The van der Waals surface area contributed by atoms with Crippen molar-refractivity contribution in [3.63, 3.8) is 0 Å². The van der Waals surface area contributed by atoms with Crippen molar-refractivity contribution in [2.24, 2.45) is 5.41 Å². The highest BCUT2D eigenvalue weighted by Gasteiger charge is 2.21. The Kier molecular flexibility index (Phi) is 6.37. The third kappa shape index (κ3) is 6.02. The van der Waals surface area contributed by atoms with Gasteiger partial charge in [0, 0.05) is 24.9 Å². The van der Waals surface area contributed by atoms with Gasteiger partial charge in [0.2, 0.25) is 5.91 Å². The molecule has 2 rings (SSSR count). The monoisotopic (exact) mass is 344 g/mol. The Hall–Kier alpha value is -2.14. The number of carbonyl (C=O) groups is 1. The minimum Gasteiger partial charge on any atom is -0.440 e. The van der Waals surface area contributed by atoms with Crippen molar-refractivity contribution < 1.29 is 14.3 Å². The topological polar surface area (TPSA) is 75.4 Å². The summed E-state index contributed by atoms with van der Waals surface area (Å²) < 4.78 is 5.82. The molecule has 1 unspecified atom stereocenters. The molecule has 1 aromatic heterocycles. The van der Waals surface area contributed by atoms with E-state index in [1.54, 1.807) is 6.92 Å². The van der Waals surface area contributed by atoms with Gasteiger partial charge in [-0.15, -0.1) is 0 Å². The van der Waals surface area contributed by atoms with Gasteiger partial charge in [-0.3, -0.25) is 4.79 Å². The third-order valence-corrected chi connectivity index (χ3v) is 4.05. The van der Waals surface area contributed by atoms with Crippen molar-refractivity contribution in [2.45, 2.75) is 53.1 Å². The molecule has 2 N–H and O–H groups in total. The molecular formula is C20H28N2O3. The Morgan fingerprint density at radius 1 is 1.32 bits per heavy atom. The zero-order chi connectivity index (χ0) is 18.4. The number of rotatable bonds is 8. The van der Waals surface area contributed by atoms with Crippen molar-refractivity contribution in [3.05, 3.63) is 41.9 Å². The van der Waals surface area contributed by atoms with Gasteiger partial charge in [-0.1, -0.05) is 44.2 Å². The first-order valence-electron chi connectivity index (χ1n) is 8.73. The van der Waals surface area contributed by atoms with E-state index in [9.17, 15) is 9.90 Å². The van der Waals surface area contributed by atoms with Crippen LogP contribution in [0.5, 0.6) is 0 Å². The van der Waals surface area contributed by atoms with Crippen LogP contribution in [0, 0.1) is 12.3 Å². The fourth-order valence-electron chi connectivity index (χ4n) is 2.94. The number of amides is 1. The Morgan fingerprint density at radius 3 is 2.64 bits per heavy atom. The molecule has 0 aliphatic carbocycles. The van der Waals surface area contributed by atoms with E-state index in [4.69, 9.17) is 4.42 Å². The number of oxazole rings is 1. The molecule has 136 valence electrons. The lowest BCUT2D eigenvalue weighted by Gasteiger charge is -2.26. The van der Waals surface area contributed by atoms with Crippen molar-refractivity contribution in [1.29, 1.82) is 0 Å². The summed E-state index contributed by atoms with van der Waals surface area (Å²) in [7, 11) is 0. The predicted molar refractivity (Wildman–Crippen MR) is 98.1 cm³/mol. The number of hydrogen-bond acceptors (Lipinski definition) is 4. The van der Waals surface area contributed by atoms with Crippen molar-refractivity contribution in [1.82, 2.24) is 10.3 Å². The normalized spacial score (nSPS) is 12.8. The number of aryl methyl sites for hydroxylation is 2. The molecule has 5 nitrogen and oxygen atoms in total. The van der Waals surface area contributed by atoms with Crippen LogP contribution in [0.15, 0.2) is 34.7 Å². The summed E-state index contributed by atoms with van der Waals surface area (Å²) in [5.74, 6) is 1.31. The van der Waals surface area contributed by atoms with Gasteiger partial charge in [0.15, 0.2) is 11.7 Å². The lowest BCUT2D eigenvalue weighted by molar-refractivity contribution is -0.121. The van der Waals surface area contributed by atoms with E-state index in [0.29, 0.717) is 31.7 Å². The van der Waals surface area contributed by atoms with Gasteiger partial charge in [-0.25, -0.2) is 4.98 Å². The lowest BCUT2D eigenvalue weighted by atomic mass is 9.87. The number of aliphatic hydroxyl groups excluding tert-OH is 1. The first kappa shape index (κ1) is 19.2. The van der Waals surface area contributed by atoms with Gasteiger partial charge in [-0.05, 0) is 25.7 Å². The molecule has 0 fully saturated rings. The second kappa shape index (κ2) is 8.30. The molecule has 5 heteroatoms. The van der Waals surface area contributed by atoms with Crippen LogP contribution < -0.4 is 5.32 Å². The molecule has 0 aliphatic heterocycles. The highest BCUT2D eigenvalue weighted by atomic mass is 16.4. The van der Waals surface area contributed by atoms with Crippen molar-refractivity contribution in [3.8, 4) is 11.3 Å². The standard InChI is InChI=1S/C20H28N2O3/c1-14(23)12-20(3,4)13-21-17(24)10-11-18-22-15(2)19(25-18)16-8-6-5-7-9-16/h5-9,14,23H,10-13H2,1-4H3,(H,21,24). The molecule has 0 spiro atoms. The highest BCUT2D eigenvalue weighted by Crippen LogP contribution is 2.25. The molecule has 1 aromatic carbocycles. The summed E-state index contributed by atoms with van der Waals surface area (Å²) in [6.45, 7) is 8.27. The van der Waals surface area contributed by atoms with E-state index in [1.165, 1.54) is 0 Å². The molecule has 1 amide bonds. The SMILES string of the molecule is Cc1nc(CCC(=O)NCC(C)(C)CC(C)O)oc1-c1ccccc1. The molecule has 0 saturated carbocycles. The second-order valence-corrected chi connectivity index (χ2v) is 7.38. The Labute approximate surface area is 149 Å². The van der Waals surface area contributed by atoms with Crippen LogP contribution >= 0.6 is 0 Å². The molecule has 0 saturated heterocycles. The van der Waals surface area contributed by atoms with Crippen LogP contribution in [0.4, 0.5) is 0 Å². The third-order valence-electron chi connectivity index (χ3n) is 4.05. The van der Waals surface area contributed by atoms with E-state index in [-0.39, 0.29) is 17.4 Å². The zero-order valence-electron chi connectivity index (χ0n) is 15.5. The molecule has 25 heavy (non-hydrogen) atoms. The fraction of sp³-hybridized carbons (Fsp3) is 0.500. The predicted octanol–water partition coefficient (Wildman–Crippen LogP) is 3.50. The van der Waals surface area contributed by atoms with Crippen molar-refractivity contribution in [2.75, 3.05) is 6.54 Å². The molecular weight excluding hydrogens is 316 g/mol. The molecule has 1 heterocycles. The average Bonchev–Trinajstić information content (AvgIpc) is 2.92. The van der Waals surface area contributed by atoms with Crippen LogP contribution in [0.1, 0.15) is 45.2 Å². The molecule has 0 bridgehead atoms. The highest BCUT2D eigenvalue weighted by molar-refractivity contribution is 5.76. The van der Waals surface area contributed by atoms with E-state index in [2.05, 4.69) is 10.3 Å². The van der Waals surface area contributed by atoms with Gasteiger partial charge in [0.05, 0.1) is 11.8 Å². The van der Waals surface area contributed by atoms with E-state index >= 15 is 0 Å². The Bertz CT molecular complexity index is 690. The lowest BCUT2D eigenvalue weighted by Crippen LogP contribution is -2.35. The number of nitrogens with zero attached hydrogens (tertiary/aromatic N) is 1. The maximum absolute atomic E-state index is 12.1. The van der Waals surface area contributed by atoms with E-state index < -0.39 is 0 Å². The first-order chi connectivity index (χ1) is 11.8. The van der Waals surface area contributed by atoms with Crippen molar-refractivity contribution >= 4 is 5.91 Å². The Morgan fingerprint density at radius 2 is 2.00 bits per heavy atom. The fourth-order valence-corrected chi connectivity index (χ4v) is 2.94. The minimum absolute atomic E-state index is 0.0317. The van der Waals surface area contributed by atoms with Crippen LogP contribution in [0.25, 0.3) is 11.3 Å². The maximum atomic E-state index is 12.1. The van der Waals surface area contributed by atoms with Gasteiger partial charge in [-0.2, -0.15) is 0 Å². The molecule has 1 atom stereocenters. The Balaban J connectivity index is 1.86. The summed E-state index contributed by atoms with van der Waals surface area (Å²) in [6, 6.07) is 9.83. The summed E-state index contributed by atoms with van der Waals surface area (Å²) in [6.07, 6.45) is 1.07. The number of carbonyl (C=O) groups excluding carboxylic acids is 1. The summed E-state index contributed by atoms with van der Waals surface area (Å²) >= 11 is 0. The maximum Gasteiger partial charge on any atom is 0.220 e.